The van der Waals surface area contributed by atoms with Gasteiger partial charge in [-0.3, -0.25) is 10.1 Å². The largest absolute Gasteiger partial charge is 0.416 e. The van der Waals surface area contributed by atoms with Crippen molar-refractivity contribution < 1.29 is 18.1 Å². The van der Waals surface area contributed by atoms with E-state index in [0.29, 0.717) is 18.5 Å². The van der Waals surface area contributed by atoms with E-state index in [9.17, 15) is 23.3 Å². The van der Waals surface area contributed by atoms with Crippen LogP contribution in [-0.4, -0.2) is 24.6 Å². The van der Waals surface area contributed by atoms with Crippen molar-refractivity contribution in [3.8, 4) is 0 Å². The molecule has 1 aromatic carbocycles. The van der Waals surface area contributed by atoms with Gasteiger partial charge in [0.2, 0.25) is 0 Å². The van der Waals surface area contributed by atoms with Gasteiger partial charge in [0.25, 0.3) is 5.69 Å². The minimum Gasteiger partial charge on any atom is -0.379 e. The summed E-state index contributed by atoms with van der Waals surface area (Å²) >= 11 is 0. The van der Waals surface area contributed by atoms with Gasteiger partial charge in [-0.2, -0.15) is 13.2 Å². The molecule has 0 amide bonds. The minimum atomic E-state index is -4.59. The normalized spacial score (nSPS) is 19.3. The second kappa shape index (κ2) is 6.30. The lowest BCUT2D eigenvalue weighted by Crippen LogP contribution is -2.33. The number of alkyl halides is 3. The van der Waals surface area contributed by atoms with Gasteiger partial charge in [0.05, 0.1) is 10.5 Å². The van der Waals surface area contributed by atoms with Gasteiger partial charge < -0.3 is 10.6 Å². The summed E-state index contributed by atoms with van der Waals surface area (Å²) in [7, 11) is 0. The van der Waals surface area contributed by atoms with Crippen LogP contribution in [0.15, 0.2) is 18.2 Å². The number of hydrogen-bond acceptors (Lipinski definition) is 4. The van der Waals surface area contributed by atoms with Crippen molar-refractivity contribution >= 4 is 11.4 Å². The molecule has 1 heterocycles. The summed E-state index contributed by atoms with van der Waals surface area (Å²) in [5, 5.41) is 17.0. The first-order chi connectivity index (χ1) is 9.88. The van der Waals surface area contributed by atoms with Crippen LogP contribution < -0.4 is 10.6 Å². The lowest BCUT2D eigenvalue weighted by atomic mass is 9.99. The Labute approximate surface area is 119 Å². The molecule has 5 nitrogen and oxygen atoms in total. The number of nitrogens with zero attached hydrogens (tertiary/aromatic N) is 1. The third-order valence-electron chi connectivity index (χ3n) is 3.50. The second-order valence-corrected chi connectivity index (χ2v) is 5.08. The van der Waals surface area contributed by atoms with Crippen LogP contribution in [0.1, 0.15) is 18.4 Å². The average molecular weight is 303 g/mol. The molecule has 1 unspecified atom stereocenters. The lowest BCUT2D eigenvalue weighted by molar-refractivity contribution is -0.384. The third kappa shape index (κ3) is 4.07. The number of piperidine rings is 1. The van der Waals surface area contributed by atoms with Crippen molar-refractivity contribution in [1.29, 1.82) is 0 Å². The molecule has 1 aliphatic heterocycles. The highest BCUT2D eigenvalue weighted by molar-refractivity contribution is 5.63. The Kier molecular flexibility index (Phi) is 4.66. The van der Waals surface area contributed by atoms with Gasteiger partial charge in [0, 0.05) is 12.6 Å². The molecule has 1 fully saturated rings. The molecule has 2 N–H and O–H groups in total. The third-order valence-corrected chi connectivity index (χ3v) is 3.50. The maximum Gasteiger partial charge on any atom is 0.416 e. The molecule has 1 saturated heterocycles. The first-order valence-corrected chi connectivity index (χ1v) is 6.68. The van der Waals surface area contributed by atoms with Crippen LogP contribution in [-0.2, 0) is 6.18 Å². The maximum atomic E-state index is 12.6. The molecule has 0 aromatic heterocycles. The Morgan fingerprint density at radius 1 is 1.43 bits per heavy atom. The Hall–Kier alpha value is -1.83. The summed E-state index contributed by atoms with van der Waals surface area (Å²) in [6.07, 6.45) is -2.56. The molecule has 1 aliphatic rings. The molecule has 116 valence electrons. The van der Waals surface area contributed by atoms with Gasteiger partial charge in [-0.25, -0.2) is 0 Å². The highest BCUT2D eigenvalue weighted by atomic mass is 19.4. The van der Waals surface area contributed by atoms with Crippen molar-refractivity contribution in [3.05, 3.63) is 33.9 Å². The molecule has 21 heavy (non-hydrogen) atoms. The van der Waals surface area contributed by atoms with Gasteiger partial charge in [0.1, 0.15) is 5.69 Å². The predicted molar refractivity (Wildman–Crippen MR) is 72.2 cm³/mol. The Balaban J connectivity index is 2.12. The molecule has 0 bridgehead atoms. The highest BCUT2D eigenvalue weighted by Gasteiger charge is 2.33. The molecule has 8 heteroatoms. The Morgan fingerprint density at radius 3 is 2.76 bits per heavy atom. The van der Waals surface area contributed by atoms with Gasteiger partial charge in [-0.1, -0.05) is 0 Å². The summed E-state index contributed by atoms with van der Waals surface area (Å²) in [4.78, 5) is 10.1. The summed E-state index contributed by atoms with van der Waals surface area (Å²) in [5.41, 5.74) is -1.44. The van der Waals surface area contributed by atoms with Gasteiger partial charge in [-0.15, -0.1) is 0 Å². The Bertz CT molecular complexity index is 514. The smallest absolute Gasteiger partial charge is 0.379 e. The SMILES string of the molecule is O=[N+]([O-])c1cc(C(F)(F)F)ccc1NCC1CCCNC1. The number of hydrogen-bond donors (Lipinski definition) is 2. The fraction of sp³-hybridized carbons (Fsp3) is 0.538. The zero-order valence-electron chi connectivity index (χ0n) is 11.2. The summed E-state index contributed by atoms with van der Waals surface area (Å²) in [6, 6.07) is 2.55. The van der Waals surface area contributed by atoms with Crippen LogP contribution in [0.3, 0.4) is 0 Å². The van der Waals surface area contributed by atoms with Gasteiger partial charge in [0.15, 0.2) is 0 Å². The number of rotatable bonds is 4. The van der Waals surface area contributed by atoms with E-state index in [2.05, 4.69) is 10.6 Å². The van der Waals surface area contributed by atoms with E-state index in [0.717, 1.165) is 38.1 Å². The fourth-order valence-corrected chi connectivity index (χ4v) is 2.36. The number of halogens is 3. The standard InChI is InChI=1S/C13H16F3N3O2/c14-13(15,16)10-3-4-11(12(6-10)19(20)21)18-8-9-2-1-5-17-7-9/h3-4,6,9,17-18H,1-2,5,7-8H2. The van der Waals surface area contributed by atoms with Crippen LogP contribution in [0.4, 0.5) is 24.5 Å². The Morgan fingerprint density at radius 2 is 2.19 bits per heavy atom. The first-order valence-electron chi connectivity index (χ1n) is 6.68. The minimum absolute atomic E-state index is 0.124. The van der Waals surface area contributed by atoms with Crippen LogP contribution in [0.25, 0.3) is 0 Å². The van der Waals surface area contributed by atoms with Crippen molar-refractivity contribution in [1.82, 2.24) is 5.32 Å². The van der Waals surface area contributed by atoms with Crippen molar-refractivity contribution in [3.63, 3.8) is 0 Å². The van der Waals surface area contributed by atoms with E-state index in [1.54, 1.807) is 0 Å². The number of benzene rings is 1. The molecule has 0 saturated carbocycles. The number of anilines is 1. The van der Waals surface area contributed by atoms with Gasteiger partial charge in [-0.05, 0) is 44.0 Å². The molecule has 1 atom stereocenters. The average Bonchev–Trinajstić information content (AvgIpc) is 2.45. The fourth-order valence-electron chi connectivity index (χ4n) is 2.36. The first kappa shape index (κ1) is 15.6. The van der Waals surface area contributed by atoms with E-state index in [1.165, 1.54) is 0 Å². The van der Waals surface area contributed by atoms with E-state index in [1.807, 2.05) is 0 Å². The monoisotopic (exact) mass is 303 g/mol. The molecule has 2 rings (SSSR count). The van der Waals surface area contributed by atoms with E-state index in [-0.39, 0.29) is 5.69 Å². The van der Waals surface area contributed by atoms with Crippen molar-refractivity contribution in [2.24, 2.45) is 5.92 Å². The lowest BCUT2D eigenvalue weighted by Gasteiger charge is -2.23. The van der Waals surface area contributed by atoms with Crippen molar-refractivity contribution in [2.75, 3.05) is 25.0 Å². The quantitative estimate of drug-likeness (QED) is 0.663. The van der Waals surface area contributed by atoms with E-state index in [4.69, 9.17) is 0 Å². The molecular weight excluding hydrogens is 287 g/mol. The van der Waals surface area contributed by atoms with Crippen molar-refractivity contribution in [2.45, 2.75) is 19.0 Å². The molecule has 0 aliphatic carbocycles. The zero-order chi connectivity index (χ0) is 15.5. The number of nitrogens with one attached hydrogen (secondary N) is 2. The van der Waals surface area contributed by atoms with E-state index < -0.39 is 22.4 Å². The summed E-state index contributed by atoms with van der Waals surface area (Å²) in [5.74, 6) is 0.320. The topological polar surface area (TPSA) is 67.2 Å². The van der Waals surface area contributed by atoms with Crippen LogP contribution in [0, 0.1) is 16.0 Å². The van der Waals surface area contributed by atoms with E-state index >= 15 is 0 Å². The summed E-state index contributed by atoms with van der Waals surface area (Å²) < 4.78 is 37.8. The number of nitro groups is 1. The van der Waals surface area contributed by atoms with Crippen LogP contribution in [0.5, 0.6) is 0 Å². The predicted octanol–water partition coefficient (Wildman–Crippen LogP) is 3.03. The number of nitro benzene ring substituents is 1. The van der Waals surface area contributed by atoms with Crippen LogP contribution in [0.2, 0.25) is 0 Å². The van der Waals surface area contributed by atoms with Gasteiger partial charge >= 0.3 is 6.18 Å². The summed E-state index contributed by atoms with van der Waals surface area (Å²) in [6.45, 7) is 2.26. The molecule has 0 spiro atoms. The van der Waals surface area contributed by atoms with Crippen LogP contribution >= 0.6 is 0 Å². The molecule has 0 radical (unpaired) electrons. The maximum absolute atomic E-state index is 12.6. The zero-order valence-corrected chi connectivity index (χ0v) is 11.2. The molecular formula is C13H16F3N3O2. The highest BCUT2D eigenvalue weighted by Crippen LogP contribution is 2.35. The second-order valence-electron chi connectivity index (χ2n) is 5.08. The molecule has 1 aromatic rings.